The van der Waals surface area contributed by atoms with Crippen LogP contribution in [0, 0.1) is 0 Å². The van der Waals surface area contributed by atoms with E-state index in [9.17, 15) is 14.4 Å². The molecule has 1 aliphatic rings. The quantitative estimate of drug-likeness (QED) is 0.100. The van der Waals surface area contributed by atoms with Crippen molar-refractivity contribution < 1.29 is 38.1 Å². The molecule has 0 spiro atoms. The Balaban J connectivity index is 3.11. The molecule has 0 saturated heterocycles. The fourth-order valence-electron chi connectivity index (χ4n) is 3.64. The van der Waals surface area contributed by atoms with Crippen LogP contribution in [-0.2, 0) is 38.1 Å². The maximum absolute atomic E-state index is 11.7. The summed E-state index contributed by atoms with van der Waals surface area (Å²) in [6.07, 6.45) is 15.4. The standard InChI is InChI=1S/C27H40O8/c1-6-7-8-9-10-11-13-22-18-25(35-21(3)29)27(33-19-31-4)24(22)15-12-14-23(34-20(2)28)16-17-26(30)32-5/h10-12,14-15,18,23,25,27H,6-9,13,16-17,19H2,1-5H3/b11-10-,14-12+,24-15-/t23-,25+,27-/m0/s1. The average Bonchev–Trinajstić information content (AvgIpc) is 3.12. The first-order chi connectivity index (χ1) is 16.8. The van der Waals surface area contributed by atoms with Gasteiger partial charge in [0.15, 0.2) is 6.10 Å². The van der Waals surface area contributed by atoms with Crippen molar-refractivity contribution in [2.45, 2.75) is 84.0 Å². The van der Waals surface area contributed by atoms with Crippen LogP contribution in [0.2, 0.25) is 0 Å². The number of esters is 3. The summed E-state index contributed by atoms with van der Waals surface area (Å²) in [6.45, 7) is 4.89. The summed E-state index contributed by atoms with van der Waals surface area (Å²) in [4.78, 5) is 34.7. The molecule has 0 aliphatic heterocycles. The molecule has 0 fully saturated rings. The van der Waals surface area contributed by atoms with Crippen molar-refractivity contribution in [2.24, 2.45) is 0 Å². The molecular formula is C27H40O8. The van der Waals surface area contributed by atoms with Crippen molar-refractivity contribution in [3.05, 3.63) is 47.6 Å². The van der Waals surface area contributed by atoms with Crippen LogP contribution in [0.25, 0.3) is 0 Å². The first kappa shape index (κ1) is 30.3. The van der Waals surface area contributed by atoms with Crippen molar-refractivity contribution in [2.75, 3.05) is 21.0 Å². The average molecular weight is 493 g/mol. The number of hydrogen-bond donors (Lipinski definition) is 0. The number of ether oxygens (including phenoxy) is 5. The SMILES string of the molecule is CCCCC/C=C\CC1=C[C@@H](OC(C)=O)[C@@H](OCOC)/C1=C\C=C\[C@@H](CCC(=O)OC)OC(C)=O. The fourth-order valence-corrected chi connectivity index (χ4v) is 3.64. The Kier molecular flexibility index (Phi) is 15.3. The van der Waals surface area contributed by atoms with Gasteiger partial charge in [0.1, 0.15) is 19.0 Å². The number of allylic oxidation sites excluding steroid dienone is 4. The van der Waals surface area contributed by atoms with Crippen LogP contribution < -0.4 is 0 Å². The summed E-state index contributed by atoms with van der Waals surface area (Å²) in [5, 5.41) is 0. The summed E-state index contributed by atoms with van der Waals surface area (Å²) >= 11 is 0. The lowest BCUT2D eigenvalue weighted by molar-refractivity contribution is -0.153. The molecule has 35 heavy (non-hydrogen) atoms. The van der Waals surface area contributed by atoms with E-state index in [0.717, 1.165) is 24.0 Å². The molecule has 8 heteroatoms. The number of unbranched alkanes of at least 4 members (excludes halogenated alkanes) is 3. The highest BCUT2D eigenvalue weighted by Crippen LogP contribution is 2.33. The van der Waals surface area contributed by atoms with E-state index in [4.69, 9.17) is 18.9 Å². The zero-order valence-electron chi connectivity index (χ0n) is 21.6. The molecule has 0 unspecified atom stereocenters. The zero-order chi connectivity index (χ0) is 26.1. The summed E-state index contributed by atoms with van der Waals surface area (Å²) < 4.78 is 26.4. The van der Waals surface area contributed by atoms with Crippen LogP contribution >= 0.6 is 0 Å². The topological polar surface area (TPSA) is 97.4 Å². The Morgan fingerprint density at radius 2 is 1.86 bits per heavy atom. The molecule has 0 N–H and O–H groups in total. The van der Waals surface area contributed by atoms with Crippen molar-refractivity contribution in [3.8, 4) is 0 Å². The van der Waals surface area contributed by atoms with Crippen LogP contribution in [0.15, 0.2) is 47.6 Å². The zero-order valence-corrected chi connectivity index (χ0v) is 21.6. The lowest BCUT2D eigenvalue weighted by Crippen LogP contribution is -2.30. The maximum Gasteiger partial charge on any atom is 0.305 e. The minimum absolute atomic E-state index is 0.0344. The molecular weight excluding hydrogens is 452 g/mol. The van der Waals surface area contributed by atoms with Gasteiger partial charge >= 0.3 is 17.9 Å². The predicted octanol–water partition coefficient (Wildman–Crippen LogP) is 4.74. The molecule has 0 aromatic heterocycles. The van der Waals surface area contributed by atoms with Gasteiger partial charge in [-0.2, -0.15) is 0 Å². The van der Waals surface area contributed by atoms with Gasteiger partial charge in [0.25, 0.3) is 0 Å². The number of hydrogen-bond acceptors (Lipinski definition) is 8. The van der Waals surface area contributed by atoms with Gasteiger partial charge in [0.05, 0.1) is 7.11 Å². The monoisotopic (exact) mass is 492 g/mol. The lowest BCUT2D eigenvalue weighted by Gasteiger charge is -2.21. The molecule has 0 heterocycles. The van der Waals surface area contributed by atoms with Crippen LogP contribution in [-0.4, -0.2) is 57.2 Å². The molecule has 8 nitrogen and oxygen atoms in total. The third kappa shape index (κ3) is 12.5. The number of rotatable bonds is 16. The van der Waals surface area contributed by atoms with Gasteiger partial charge in [-0.1, -0.05) is 44.1 Å². The van der Waals surface area contributed by atoms with Gasteiger partial charge < -0.3 is 23.7 Å². The lowest BCUT2D eigenvalue weighted by atomic mass is 10.0. The van der Waals surface area contributed by atoms with Gasteiger partial charge in [-0.3, -0.25) is 14.4 Å². The Morgan fingerprint density at radius 1 is 1.09 bits per heavy atom. The van der Waals surface area contributed by atoms with Gasteiger partial charge in [-0.05, 0) is 49.0 Å². The molecule has 0 bridgehead atoms. The van der Waals surface area contributed by atoms with Gasteiger partial charge in [0, 0.05) is 27.4 Å². The first-order valence-corrected chi connectivity index (χ1v) is 12.1. The molecule has 0 aromatic carbocycles. The fraction of sp³-hybridized carbons (Fsp3) is 0.593. The van der Waals surface area contributed by atoms with E-state index in [1.165, 1.54) is 40.9 Å². The molecule has 196 valence electrons. The van der Waals surface area contributed by atoms with E-state index >= 15 is 0 Å². The Bertz CT molecular complexity index is 793. The molecule has 0 saturated carbocycles. The Morgan fingerprint density at radius 3 is 2.49 bits per heavy atom. The molecule has 0 radical (unpaired) electrons. The molecule has 0 amide bonds. The molecule has 1 aliphatic carbocycles. The second-order valence-corrected chi connectivity index (χ2v) is 8.20. The van der Waals surface area contributed by atoms with Crippen molar-refractivity contribution in [1.82, 2.24) is 0 Å². The van der Waals surface area contributed by atoms with Crippen molar-refractivity contribution in [1.29, 1.82) is 0 Å². The summed E-state index contributed by atoms with van der Waals surface area (Å²) in [5.41, 5.74) is 1.82. The van der Waals surface area contributed by atoms with Crippen LogP contribution in [0.3, 0.4) is 0 Å². The van der Waals surface area contributed by atoms with Crippen LogP contribution in [0.1, 0.15) is 65.7 Å². The smallest absolute Gasteiger partial charge is 0.305 e. The summed E-state index contributed by atoms with van der Waals surface area (Å²) in [6, 6.07) is 0. The Labute approximate surface area is 209 Å². The molecule has 0 aromatic rings. The number of carbonyl (C=O) groups excluding carboxylic acids is 3. The van der Waals surface area contributed by atoms with Gasteiger partial charge in [-0.25, -0.2) is 0 Å². The minimum atomic E-state index is -0.585. The van der Waals surface area contributed by atoms with E-state index < -0.39 is 30.3 Å². The van der Waals surface area contributed by atoms with Gasteiger partial charge in [-0.15, -0.1) is 0 Å². The van der Waals surface area contributed by atoms with E-state index in [2.05, 4.69) is 23.8 Å². The van der Waals surface area contributed by atoms with E-state index in [1.807, 2.05) is 12.2 Å². The van der Waals surface area contributed by atoms with Crippen LogP contribution in [0.4, 0.5) is 0 Å². The molecule has 3 atom stereocenters. The van der Waals surface area contributed by atoms with E-state index in [0.29, 0.717) is 12.8 Å². The minimum Gasteiger partial charge on any atom is -0.469 e. The van der Waals surface area contributed by atoms with E-state index in [1.54, 1.807) is 12.2 Å². The highest BCUT2D eigenvalue weighted by Gasteiger charge is 2.34. The Hall–Kier alpha value is -2.71. The number of carbonyl (C=O) groups is 3. The van der Waals surface area contributed by atoms with Crippen molar-refractivity contribution >= 4 is 17.9 Å². The maximum atomic E-state index is 11.7. The third-order valence-electron chi connectivity index (χ3n) is 5.27. The van der Waals surface area contributed by atoms with E-state index in [-0.39, 0.29) is 19.2 Å². The highest BCUT2D eigenvalue weighted by molar-refractivity contribution is 5.69. The normalized spacial score (nSPS) is 19.8. The summed E-state index contributed by atoms with van der Waals surface area (Å²) in [7, 11) is 2.84. The second kappa shape index (κ2) is 17.7. The second-order valence-electron chi connectivity index (χ2n) is 8.20. The summed E-state index contributed by atoms with van der Waals surface area (Å²) in [5.74, 6) is -1.22. The van der Waals surface area contributed by atoms with Crippen LogP contribution in [0.5, 0.6) is 0 Å². The van der Waals surface area contributed by atoms with Gasteiger partial charge in [0.2, 0.25) is 0 Å². The number of methoxy groups -OCH3 is 2. The van der Waals surface area contributed by atoms with Crippen molar-refractivity contribution in [3.63, 3.8) is 0 Å². The molecule has 1 rings (SSSR count). The third-order valence-corrected chi connectivity index (χ3v) is 5.27. The largest absolute Gasteiger partial charge is 0.469 e. The highest BCUT2D eigenvalue weighted by atomic mass is 16.7. The first-order valence-electron chi connectivity index (χ1n) is 12.1. The predicted molar refractivity (Wildman–Crippen MR) is 132 cm³/mol.